The number of amides is 1. The predicted molar refractivity (Wildman–Crippen MR) is 94.5 cm³/mol. The first-order chi connectivity index (χ1) is 11.0. The summed E-state index contributed by atoms with van der Waals surface area (Å²) in [4.78, 5) is 15.6. The molecule has 23 heavy (non-hydrogen) atoms. The first-order valence-electron chi connectivity index (χ1n) is 7.72. The van der Waals surface area contributed by atoms with Gasteiger partial charge in [-0.3, -0.25) is 4.79 Å². The SMILES string of the molecule is Cc1cc(C)cc(NC(=O)[C@@H](N)Cc2c[nH]c3ccccc23)c1. The zero-order valence-corrected chi connectivity index (χ0v) is 13.4. The molecule has 3 aromatic rings. The van der Waals surface area contributed by atoms with Crippen LogP contribution >= 0.6 is 0 Å². The lowest BCUT2D eigenvalue weighted by molar-refractivity contribution is -0.117. The van der Waals surface area contributed by atoms with Gasteiger partial charge in [-0.05, 0) is 55.2 Å². The van der Waals surface area contributed by atoms with Crippen LogP contribution in [-0.2, 0) is 11.2 Å². The van der Waals surface area contributed by atoms with E-state index in [1.807, 2.05) is 56.4 Å². The number of carbonyl (C=O) groups excluding carboxylic acids is 1. The van der Waals surface area contributed by atoms with Gasteiger partial charge in [-0.2, -0.15) is 0 Å². The average Bonchev–Trinajstić information content (AvgIpc) is 2.89. The minimum absolute atomic E-state index is 0.166. The zero-order chi connectivity index (χ0) is 16.4. The lowest BCUT2D eigenvalue weighted by Gasteiger charge is -2.13. The molecule has 0 saturated heterocycles. The van der Waals surface area contributed by atoms with Gasteiger partial charge in [0.25, 0.3) is 0 Å². The van der Waals surface area contributed by atoms with E-state index in [9.17, 15) is 4.79 Å². The topological polar surface area (TPSA) is 70.9 Å². The maximum Gasteiger partial charge on any atom is 0.241 e. The fourth-order valence-corrected chi connectivity index (χ4v) is 2.91. The van der Waals surface area contributed by atoms with Gasteiger partial charge in [0.1, 0.15) is 0 Å². The van der Waals surface area contributed by atoms with Gasteiger partial charge in [-0.25, -0.2) is 0 Å². The van der Waals surface area contributed by atoms with Crippen molar-refractivity contribution in [3.05, 3.63) is 65.4 Å². The zero-order valence-electron chi connectivity index (χ0n) is 13.4. The third kappa shape index (κ3) is 3.43. The number of aromatic amines is 1. The van der Waals surface area contributed by atoms with Crippen molar-refractivity contribution < 1.29 is 4.79 Å². The molecular weight excluding hydrogens is 286 g/mol. The van der Waals surface area contributed by atoms with Crippen molar-refractivity contribution in [1.82, 2.24) is 4.98 Å². The van der Waals surface area contributed by atoms with E-state index < -0.39 is 6.04 Å². The van der Waals surface area contributed by atoms with E-state index in [1.165, 1.54) is 0 Å². The Morgan fingerprint density at radius 2 is 1.87 bits per heavy atom. The van der Waals surface area contributed by atoms with Gasteiger partial charge in [-0.1, -0.05) is 24.3 Å². The number of nitrogens with two attached hydrogens (primary N) is 1. The summed E-state index contributed by atoms with van der Waals surface area (Å²) in [5, 5.41) is 4.02. The van der Waals surface area contributed by atoms with Gasteiger partial charge >= 0.3 is 0 Å². The summed E-state index contributed by atoms with van der Waals surface area (Å²) in [6.07, 6.45) is 2.43. The normalized spacial score (nSPS) is 12.3. The lowest BCUT2D eigenvalue weighted by Crippen LogP contribution is -2.37. The largest absolute Gasteiger partial charge is 0.361 e. The first kappa shape index (κ1) is 15.3. The van der Waals surface area contributed by atoms with E-state index in [0.29, 0.717) is 6.42 Å². The molecule has 2 aromatic carbocycles. The van der Waals surface area contributed by atoms with Crippen LogP contribution in [0.15, 0.2) is 48.7 Å². The summed E-state index contributed by atoms with van der Waals surface area (Å²) in [5.74, 6) is -0.166. The molecule has 0 saturated carbocycles. The molecule has 4 heteroatoms. The predicted octanol–water partition coefficient (Wildman–Crippen LogP) is 3.29. The van der Waals surface area contributed by atoms with Gasteiger partial charge < -0.3 is 16.0 Å². The highest BCUT2D eigenvalue weighted by atomic mass is 16.2. The Hall–Kier alpha value is -2.59. The number of carbonyl (C=O) groups is 1. The fraction of sp³-hybridized carbons (Fsp3) is 0.211. The van der Waals surface area contributed by atoms with Crippen molar-refractivity contribution in [2.24, 2.45) is 5.73 Å². The molecule has 1 heterocycles. The van der Waals surface area contributed by atoms with Crippen molar-refractivity contribution in [2.75, 3.05) is 5.32 Å². The highest BCUT2D eigenvalue weighted by Gasteiger charge is 2.16. The second-order valence-corrected chi connectivity index (χ2v) is 6.04. The van der Waals surface area contributed by atoms with Gasteiger partial charge in [0.2, 0.25) is 5.91 Å². The number of para-hydroxylation sites is 1. The van der Waals surface area contributed by atoms with Crippen LogP contribution in [-0.4, -0.2) is 16.9 Å². The first-order valence-corrected chi connectivity index (χ1v) is 7.72. The maximum atomic E-state index is 12.4. The summed E-state index contributed by atoms with van der Waals surface area (Å²) < 4.78 is 0. The summed E-state index contributed by atoms with van der Waals surface area (Å²) in [6, 6.07) is 13.4. The van der Waals surface area contributed by atoms with Crippen LogP contribution in [0.5, 0.6) is 0 Å². The van der Waals surface area contributed by atoms with Crippen molar-refractivity contribution in [1.29, 1.82) is 0 Å². The minimum Gasteiger partial charge on any atom is -0.361 e. The average molecular weight is 307 g/mol. The molecule has 3 rings (SSSR count). The summed E-state index contributed by atoms with van der Waals surface area (Å²) in [5.41, 5.74) is 11.2. The van der Waals surface area contributed by atoms with Crippen LogP contribution in [0.1, 0.15) is 16.7 Å². The fourth-order valence-electron chi connectivity index (χ4n) is 2.91. The molecule has 1 atom stereocenters. The van der Waals surface area contributed by atoms with Crippen molar-refractivity contribution in [3.63, 3.8) is 0 Å². The van der Waals surface area contributed by atoms with Crippen LogP contribution in [0.4, 0.5) is 5.69 Å². The van der Waals surface area contributed by atoms with Crippen LogP contribution in [0.2, 0.25) is 0 Å². The molecule has 0 spiro atoms. The van der Waals surface area contributed by atoms with E-state index in [1.54, 1.807) is 0 Å². The summed E-state index contributed by atoms with van der Waals surface area (Å²) >= 11 is 0. The number of aromatic nitrogens is 1. The van der Waals surface area contributed by atoms with E-state index in [2.05, 4.69) is 16.4 Å². The summed E-state index contributed by atoms with van der Waals surface area (Å²) in [6.45, 7) is 4.02. The van der Waals surface area contributed by atoms with E-state index in [4.69, 9.17) is 5.73 Å². The number of anilines is 1. The number of nitrogens with one attached hydrogen (secondary N) is 2. The van der Waals surface area contributed by atoms with Crippen molar-refractivity contribution >= 4 is 22.5 Å². The molecule has 0 unspecified atom stereocenters. The van der Waals surface area contributed by atoms with Crippen LogP contribution in [0.3, 0.4) is 0 Å². The second-order valence-electron chi connectivity index (χ2n) is 6.04. The van der Waals surface area contributed by atoms with E-state index in [-0.39, 0.29) is 5.91 Å². The molecule has 118 valence electrons. The lowest BCUT2D eigenvalue weighted by atomic mass is 10.0. The Kier molecular flexibility index (Phi) is 4.17. The third-order valence-corrected chi connectivity index (χ3v) is 3.94. The van der Waals surface area contributed by atoms with E-state index in [0.717, 1.165) is 33.3 Å². The van der Waals surface area contributed by atoms with Gasteiger partial charge in [0.15, 0.2) is 0 Å². The highest BCUT2D eigenvalue weighted by molar-refractivity contribution is 5.95. The molecule has 4 N–H and O–H groups in total. The van der Waals surface area contributed by atoms with Gasteiger partial charge in [0.05, 0.1) is 6.04 Å². The van der Waals surface area contributed by atoms with Gasteiger partial charge in [-0.15, -0.1) is 0 Å². The van der Waals surface area contributed by atoms with E-state index >= 15 is 0 Å². The minimum atomic E-state index is -0.588. The number of hydrogen-bond acceptors (Lipinski definition) is 2. The second kappa shape index (κ2) is 6.26. The maximum absolute atomic E-state index is 12.4. The number of fused-ring (bicyclic) bond motifs is 1. The Labute approximate surface area is 135 Å². The Morgan fingerprint density at radius 3 is 2.61 bits per heavy atom. The number of benzene rings is 2. The molecule has 0 aliphatic rings. The quantitative estimate of drug-likeness (QED) is 0.692. The number of rotatable bonds is 4. The number of hydrogen-bond donors (Lipinski definition) is 3. The number of H-pyrrole nitrogens is 1. The van der Waals surface area contributed by atoms with Gasteiger partial charge in [0, 0.05) is 22.8 Å². The molecule has 1 aromatic heterocycles. The molecule has 1 amide bonds. The number of aryl methyl sites for hydroxylation is 2. The highest BCUT2D eigenvalue weighted by Crippen LogP contribution is 2.19. The molecule has 0 fully saturated rings. The Balaban J connectivity index is 1.72. The summed E-state index contributed by atoms with van der Waals surface area (Å²) in [7, 11) is 0. The molecule has 4 nitrogen and oxygen atoms in total. The van der Waals surface area contributed by atoms with Crippen molar-refractivity contribution in [2.45, 2.75) is 26.3 Å². The molecule has 0 aliphatic carbocycles. The standard InChI is InChI=1S/C19H21N3O/c1-12-7-13(2)9-15(8-12)22-19(23)17(20)10-14-11-21-18-6-4-3-5-16(14)18/h3-9,11,17,21H,10,20H2,1-2H3,(H,22,23)/t17-/m0/s1. The molecule has 0 aliphatic heterocycles. The third-order valence-electron chi connectivity index (χ3n) is 3.94. The monoisotopic (exact) mass is 307 g/mol. The molecular formula is C19H21N3O. The van der Waals surface area contributed by atoms with Crippen molar-refractivity contribution in [3.8, 4) is 0 Å². The Morgan fingerprint density at radius 1 is 1.17 bits per heavy atom. The van der Waals surface area contributed by atoms with Crippen LogP contribution in [0.25, 0.3) is 10.9 Å². The van der Waals surface area contributed by atoms with Crippen LogP contribution < -0.4 is 11.1 Å². The molecule has 0 radical (unpaired) electrons. The van der Waals surface area contributed by atoms with Crippen LogP contribution in [0, 0.1) is 13.8 Å². The smallest absolute Gasteiger partial charge is 0.241 e. The molecule has 0 bridgehead atoms. The Bertz CT molecular complexity index is 830.